The van der Waals surface area contributed by atoms with E-state index in [1.807, 2.05) is 0 Å². The van der Waals surface area contributed by atoms with Gasteiger partial charge in [-0.25, -0.2) is 0 Å². The summed E-state index contributed by atoms with van der Waals surface area (Å²) in [6.07, 6.45) is -6.51. The molecule has 0 spiro atoms. The van der Waals surface area contributed by atoms with Crippen molar-refractivity contribution in [1.29, 1.82) is 0 Å². The van der Waals surface area contributed by atoms with Crippen LogP contribution in [0.2, 0.25) is 0 Å². The van der Waals surface area contributed by atoms with Gasteiger partial charge in [-0.1, -0.05) is 18.2 Å². The first kappa shape index (κ1) is 18.7. The molecule has 136 valence electrons. The lowest BCUT2D eigenvalue weighted by Crippen LogP contribution is -2.50. The number of benzene rings is 1. The number of nitrogens with two attached hydrogens (primary N) is 1. The van der Waals surface area contributed by atoms with Gasteiger partial charge in [-0.2, -0.15) is 45.7 Å². The van der Waals surface area contributed by atoms with Crippen molar-refractivity contribution in [2.75, 3.05) is 11.1 Å². The molecule has 3 N–H and O–H groups in total. The van der Waals surface area contributed by atoms with Gasteiger partial charge in [0.05, 0.1) is 0 Å². The smallest absolute Gasteiger partial charge is 0.368 e. The fourth-order valence-corrected chi connectivity index (χ4v) is 1.74. The molecule has 0 unspecified atom stereocenters. The van der Waals surface area contributed by atoms with Gasteiger partial charge in [-0.05, 0) is 18.6 Å². The van der Waals surface area contributed by atoms with Gasteiger partial charge < -0.3 is 11.1 Å². The van der Waals surface area contributed by atoms with Gasteiger partial charge in [-0.3, -0.25) is 0 Å². The average molecular weight is 369 g/mol. The lowest BCUT2D eigenvalue weighted by Gasteiger charge is -2.27. The molecular formula is C13H10F7N5. The number of nitrogens with zero attached hydrogens (tertiary/aromatic N) is 3. The van der Waals surface area contributed by atoms with Gasteiger partial charge in [0.2, 0.25) is 17.7 Å². The molecule has 1 heterocycles. The fraction of sp³-hybridized carbons (Fsp3) is 0.308. The van der Waals surface area contributed by atoms with Crippen LogP contribution in [-0.4, -0.2) is 27.1 Å². The van der Waals surface area contributed by atoms with Crippen LogP contribution in [0.5, 0.6) is 0 Å². The molecule has 2 aromatic rings. The van der Waals surface area contributed by atoms with Gasteiger partial charge in [0.1, 0.15) is 0 Å². The van der Waals surface area contributed by atoms with E-state index in [1.54, 1.807) is 25.1 Å². The van der Waals surface area contributed by atoms with Crippen LogP contribution in [0.25, 0.3) is 0 Å². The number of aromatic nitrogens is 3. The number of para-hydroxylation sites is 1. The summed E-state index contributed by atoms with van der Waals surface area (Å²) in [5, 5.41) is 2.41. The second-order valence-electron chi connectivity index (χ2n) is 4.93. The summed E-state index contributed by atoms with van der Waals surface area (Å²) in [5.41, 5.74) is 6.06. The predicted molar refractivity (Wildman–Crippen MR) is 73.6 cm³/mol. The van der Waals surface area contributed by atoms with Crippen molar-refractivity contribution in [3.05, 3.63) is 35.7 Å². The highest BCUT2D eigenvalue weighted by Crippen LogP contribution is 2.50. The van der Waals surface area contributed by atoms with E-state index < -0.39 is 35.7 Å². The number of hydrogen-bond donors (Lipinski definition) is 2. The molecule has 0 bridgehead atoms. The van der Waals surface area contributed by atoms with E-state index in [2.05, 4.69) is 20.3 Å². The third kappa shape index (κ3) is 3.42. The topological polar surface area (TPSA) is 76.7 Å². The third-order valence-electron chi connectivity index (χ3n) is 3.08. The highest BCUT2D eigenvalue weighted by molar-refractivity contribution is 5.58. The Balaban J connectivity index is 2.47. The van der Waals surface area contributed by atoms with Gasteiger partial charge in [0.15, 0.2) is 0 Å². The molecule has 2 rings (SSSR count). The standard InChI is InChI=1S/C13H10F7N5/c1-6-4-2-3-5-7(6)22-10-24-8(23-9(21)25-10)11(14,15)12(16,17)13(18,19)20/h2-5H,1H3,(H3,21,22,23,24,25). The molecular weight excluding hydrogens is 359 g/mol. The molecule has 0 aliphatic rings. The van der Waals surface area contributed by atoms with Crippen LogP contribution >= 0.6 is 0 Å². The van der Waals surface area contributed by atoms with E-state index in [9.17, 15) is 30.7 Å². The van der Waals surface area contributed by atoms with Gasteiger partial charge in [0.25, 0.3) is 0 Å². The lowest BCUT2D eigenvalue weighted by molar-refractivity contribution is -0.361. The largest absolute Gasteiger partial charge is 0.460 e. The van der Waals surface area contributed by atoms with Crippen LogP contribution < -0.4 is 11.1 Å². The van der Waals surface area contributed by atoms with Crippen molar-refractivity contribution < 1.29 is 30.7 Å². The van der Waals surface area contributed by atoms with Crippen LogP contribution in [0.4, 0.5) is 48.3 Å². The monoisotopic (exact) mass is 369 g/mol. The second kappa shape index (κ2) is 6.01. The summed E-state index contributed by atoms with van der Waals surface area (Å²) in [7, 11) is 0. The van der Waals surface area contributed by atoms with E-state index in [1.165, 1.54) is 6.07 Å². The number of aryl methyl sites for hydroxylation is 1. The molecule has 0 atom stereocenters. The fourth-order valence-electron chi connectivity index (χ4n) is 1.74. The maximum atomic E-state index is 13.7. The summed E-state index contributed by atoms with van der Waals surface area (Å²) in [4.78, 5) is 9.13. The molecule has 5 nitrogen and oxygen atoms in total. The summed E-state index contributed by atoms with van der Waals surface area (Å²) in [6.45, 7) is 1.63. The number of hydrogen-bond acceptors (Lipinski definition) is 5. The van der Waals surface area contributed by atoms with Crippen molar-refractivity contribution in [2.45, 2.75) is 24.9 Å². The molecule has 0 aliphatic heterocycles. The Morgan fingerprint density at radius 3 is 2.08 bits per heavy atom. The minimum Gasteiger partial charge on any atom is -0.368 e. The number of nitrogens with one attached hydrogen (secondary N) is 1. The number of nitrogen functional groups attached to an aromatic ring is 1. The molecule has 1 aromatic carbocycles. The van der Waals surface area contributed by atoms with Crippen LogP contribution in [-0.2, 0) is 5.92 Å². The second-order valence-corrected chi connectivity index (χ2v) is 4.93. The van der Waals surface area contributed by atoms with E-state index in [-0.39, 0.29) is 0 Å². The molecule has 0 saturated carbocycles. The first-order valence-electron chi connectivity index (χ1n) is 6.53. The lowest BCUT2D eigenvalue weighted by atomic mass is 10.1. The summed E-state index contributed by atoms with van der Waals surface area (Å²) in [5.74, 6) is -15.9. The van der Waals surface area contributed by atoms with Crippen LogP contribution in [0.3, 0.4) is 0 Å². The Morgan fingerprint density at radius 2 is 1.52 bits per heavy atom. The maximum absolute atomic E-state index is 13.7. The molecule has 0 fully saturated rings. The Morgan fingerprint density at radius 1 is 0.920 bits per heavy atom. The van der Waals surface area contributed by atoms with E-state index in [0.717, 1.165) is 0 Å². The van der Waals surface area contributed by atoms with E-state index in [4.69, 9.17) is 5.73 Å². The highest BCUT2D eigenvalue weighted by Gasteiger charge is 2.75. The quantitative estimate of drug-likeness (QED) is 0.802. The zero-order valence-corrected chi connectivity index (χ0v) is 12.4. The van der Waals surface area contributed by atoms with E-state index in [0.29, 0.717) is 11.3 Å². The van der Waals surface area contributed by atoms with Crippen molar-refractivity contribution in [3.8, 4) is 0 Å². The van der Waals surface area contributed by atoms with Gasteiger partial charge in [0, 0.05) is 5.69 Å². The normalized spacial score (nSPS) is 13.0. The first-order chi connectivity index (χ1) is 11.4. The molecule has 0 radical (unpaired) electrons. The van der Waals surface area contributed by atoms with Crippen molar-refractivity contribution >= 4 is 17.6 Å². The molecule has 25 heavy (non-hydrogen) atoms. The SMILES string of the molecule is Cc1ccccc1Nc1nc(N)nc(C(F)(F)C(F)(F)C(F)(F)F)n1. The number of rotatable bonds is 4. The van der Waals surface area contributed by atoms with Crippen LogP contribution in [0.1, 0.15) is 11.4 Å². The predicted octanol–water partition coefficient (Wildman–Crippen LogP) is 3.80. The van der Waals surface area contributed by atoms with Gasteiger partial charge in [-0.15, -0.1) is 0 Å². The molecule has 0 aliphatic carbocycles. The summed E-state index contributed by atoms with van der Waals surface area (Å²) < 4.78 is 90.4. The third-order valence-corrected chi connectivity index (χ3v) is 3.08. The highest BCUT2D eigenvalue weighted by atomic mass is 19.4. The maximum Gasteiger partial charge on any atom is 0.460 e. The molecule has 1 aromatic heterocycles. The van der Waals surface area contributed by atoms with Crippen LogP contribution in [0, 0.1) is 6.92 Å². The zero-order valence-electron chi connectivity index (χ0n) is 12.4. The summed E-state index contributed by atoms with van der Waals surface area (Å²) in [6, 6.07) is 6.33. The number of anilines is 3. The number of alkyl halides is 7. The van der Waals surface area contributed by atoms with Crippen molar-refractivity contribution in [3.63, 3.8) is 0 Å². The molecule has 0 saturated heterocycles. The van der Waals surface area contributed by atoms with Crippen LogP contribution in [0.15, 0.2) is 24.3 Å². The Hall–Kier alpha value is -2.66. The van der Waals surface area contributed by atoms with Gasteiger partial charge >= 0.3 is 18.0 Å². The zero-order chi connectivity index (χ0) is 19.0. The van der Waals surface area contributed by atoms with Crippen molar-refractivity contribution in [1.82, 2.24) is 15.0 Å². The van der Waals surface area contributed by atoms with Crippen molar-refractivity contribution in [2.24, 2.45) is 0 Å². The minimum atomic E-state index is -6.51. The Bertz CT molecular complexity index is 776. The molecule has 12 heteroatoms. The Kier molecular flexibility index (Phi) is 4.49. The number of halogens is 7. The minimum absolute atomic E-state index is 0.310. The average Bonchev–Trinajstić information content (AvgIpc) is 2.47. The first-order valence-corrected chi connectivity index (χ1v) is 6.53. The molecule has 0 amide bonds. The Labute approximate surface area is 136 Å². The van der Waals surface area contributed by atoms with E-state index >= 15 is 0 Å². The summed E-state index contributed by atoms with van der Waals surface area (Å²) >= 11 is 0.